The molecule has 2 aromatic carbocycles. The van der Waals surface area contributed by atoms with Crippen molar-refractivity contribution in [3.05, 3.63) is 60.2 Å². The van der Waals surface area contributed by atoms with Gasteiger partial charge in [0.05, 0.1) is 0 Å². The van der Waals surface area contributed by atoms with Crippen LogP contribution in [0.4, 0.5) is 8.78 Å². The molecular weight excluding hydrogens is 330 g/mol. The van der Waals surface area contributed by atoms with Crippen molar-refractivity contribution in [2.45, 2.75) is 31.5 Å². The molecule has 2 rings (SSSR count). The smallest absolute Gasteiger partial charge is 0.268 e. The number of hydrogen-bond acceptors (Lipinski definition) is 4. The lowest BCUT2D eigenvalue weighted by atomic mass is 9.95. The average Bonchev–Trinajstić information content (AvgIpc) is 2.62. The number of nitrogens with one attached hydrogen (secondary N) is 2. The van der Waals surface area contributed by atoms with Crippen LogP contribution >= 0.6 is 0 Å². The predicted octanol–water partition coefficient (Wildman–Crippen LogP) is 2.33. The molecule has 25 heavy (non-hydrogen) atoms. The number of carbonyl (C=O) groups excluding carboxylic acids is 1. The summed E-state index contributed by atoms with van der Waals surface area (Å²) in [6, 6.07) is 15.4. The quantitative estimate of drug-likeness (QED) is 0.456. The summed E-state index contributed by atoms with van der Waals surface area (Å²) in [5.74, 6) is -1.13. The van der Waals surface area contributed by atoms with Crippen molar-refractivity contribution in [2.24, 2.45) is 0 Å². The van der Waals surface area contributed by atoms with Gasteiger partial charge in [0, 0.05) is 6.54 Å². The van der Waals surface area contributed by atoms with E-state index in [1.165, 1.54) is 5.48 Å². The highest BCUT2D eigenvalue weighted by molar-refractivity contribution is 5.82. The molecule has 0 aliphatic rings. The number of hydrogen-bond donors (Lipinski definition) is 4. The van der Waals surface area contributed by atoms with E-state index in [0.29, 0.717) is 0 Å². The molecule has 0 unspecified atom stereocenters. The first-order valence-electron chi connectivity index (χ1n) is 7.68. The summed E-state index contributed by atoms with van der Waals surface area (Å²) in [4.78, 5) is 11.6. The molecule has 2 aromatic rings. The van der Waals surface area contributed by atoms with Crippen molar-refractivity contribution < 1.29 is 23.9 Å². The standard InChI is InChI=1S/C18H20F2N2O3/c1-18(24,17(19)20)15(16(23)22-25)21-11-12-7-9-14(10-8-12)13-5-3-2-4-6-13/h2-10,15,17,21,24-25H,11H2,1H3,(H,22,23)/t15-,18+/m1/s1. The van der Waals surface area contributed by atoms with Gasteiger partial charge in [0.2, 0.25) is 0 Å². The summed E-state index contributed by atoms with van der Waals surface area (Å²) in [5.41, 5.74) is 1.44. The van der Waals surface area contributed by atoms with Crippen LogP contribution in [0.25, 0.3) is 11.1 Å². The fourth-order valence-electron chi connectivity index (χ4n) is 2.42. The number of halogens is 2. The normalized spacial score (nSPS) is 14.8. The highest BCUT2D eigenvalue weighted by Crippen LogP contribution is 2.22. The minimum atomic E-state index is -3.16. The molecule has 4 N–H and O–H groups in total. The van der Waals surface area contributed by atoms with Gasteiger partial charge in [-0.3, -0.25) is 15.3 Å². The van der Waals surface area contributed by atoms with Crippen LogP contribution in [0.3, 0.4) is 0 Å². The molecule has 0 fully saturated rings. The molecule has 0 aromatic heterocycles. The van der Waals surface area contributed by atoms with Crippen molar-refractivity contribution in [2.75, 3.05) is 0 Å². The summed E-state index contributed by atoms with van der Waals surface area (Å²) in [7, 11) is 0. The Kier molecular flexibility index (Phi) is 6.19. The molecule has 0 aliphatic carbocycles. The van der Waals surface area contributed by atoms with E-state index in [0.717, 1.165) is 23.6 Å². The molecule has 0 saturated carbocycles. The maximum atomic E-state index is 13.0. The number of carbonyl (C=O) groups is 1. The summed E-state index contributed by atoms with van der Waals surface area (Å²) >= 11 is 0. The lowest BCUT2D eigenvalue weighted by Gasteiger charge is -2.31. The predicted molar refractivity (Wildman–Crippen MR) is 89.1 cm³/mol. The van der Waals surface area contributed by atoms with Crippen molar-refractivity contribution in [3.8, 4) is 11.1 Å². The van der Waals surface area contributed by atoms with Gasteiger partial charge in [-0.1, -0.05) is 54.6 Å². The van der Waals surface area contributed by atoms with E-state index < -0.39 is 24.0 Å². The maximum absolute atomic E-state index is 13.0. The zero-order valence-corrected chi connectivity index (χ0v) is 13.6. The zero-order chi connectivity index (χ0) is 18.4. The Morgan fingerprint density at radius 2 is 1.64 bits per heavy atom. The van der Waals surface area contributed by atoms with Crippen LogP contribution in [0.5, 0.6) is 0 Å². The summed E-state index contributed by atoms with van der Waals surface area (Å²) in [5, 5.41) is 21.1. The number of hydroxylamine groups is 1. The van der Waals surface area contributed by atoms with Crippen LogP contribution in [0.2, 0.25) is 0 Å². The van der Waals surface area contributed by atoms with Gasteiger partial charge in [-0.15, -0.1) is 0 Å². The Labute approximate surface area is 144 Å². The average molecular weight is 350 g/mol. The second-order valence-corrected chi connectivity index (χ2v) is 5.88. The Balaban J connectivity index is 2.09. The van der Waals surface area contributed by atoms with Gasteiger partial charge in [0.1, 0.15) is 11.6 Å². The molecule has 0 radical (unpaired) electrons. The number of benzene rings is 2. The Hall–Kier alpha value is -2.35. The maximum Gasteiger partial charge on any atom is 0.268 e. The second kappa shape index (κ2) is 8.15. The first-order chi connectivity index (χ1) is 11.9. The van der Waals surface area contributed by atoms with Gasteiger partial charge in [0.25, 0.3) is 12.3 Å². The molecule has 7 heteroatoms. The Morgan fingerprint density at radius 3 is 2.16 bits per heavy atom. The van der Waals surface area contributed by atoms with Crippen LogP contribution in [-0.2, 0) is 11.3 Å². The number of alkyl halides is 2. The zero-order valence-electron chi connectivity index (χ0n) is 13.6. The third kappa shape index (κ3) is 4.60. The lowest BCUT2D eigenvalue weighted by molar-refractivity contribution is -0.150. The van der Waals surface area contributed by atoms with Crippen LogP contribution in [-0.4, -0.2) is 34.3 Å². The molecule has 0 bridgehead atoms. The highest BCUT2D eigenvalue weighted by atomic mass is 19.3. The minimum absolute atomic E-state index is 0.0655. The second-order valence-electron chi connectivity index (χ2n) is 5.88. The molecule has 2 atom stereocenters. The number of amides is 1. The third-order valence-electron chi connectivity index (χ3n) is 3.97. The molecule has 0 aliphatic heterocycles. The van der Waals surface area contributed by atoms with Crippen molar-refractivity contribution in [3.63, 3.8) is 0 Å². The van der Waals surface area contributed by atoms with E-state index >= 15 is 0 Å². The molecular formula is C18H20F2N2O3. The number of rotatable bonds is 7. The third-order valence-corrected chi connectivity index (χ3v) is 3.97. The Morgan fingerprint density at radius 1 is 1.08 bits per heavy atom. The topological polar surface area (TPSA) is 81.6 Å². The SMILES string of the molecule is C[C@@](O)(C(F)F)[C@H](NCc1ccc(-c2ccccc2)cc1)C(=O)NO. The van der Waals surface area contributed by atoms with Gasteiger partial charge < -0.3 is 5.11 Å². The van der Waals surface area contributed by atoms with Crippen molar-refractivity contribution in [1.82, 2.24) is 10.8 Å². The molecule has 1 amide bonds. The molecule has 5 nitrogen and oxygen atoms in total. The minimum Gasteiger partial charge on any atom is -0.382 e. The van der Waals surface area contributed by atoms with E-state index in [4.69, 9.17) is 5.21 Å². The fraction of sp³-hybridized carbons (Fsp3) is 0.278. The summed E-state index contributed by atoms with van der Waals surface area (Å²) < 4.78 is 25.9. The van der Waals surface area contributed by atoms with Crippen molar-refractivity contribution in [1.29, 1.82) is 0 Å². The van der Waals surface area contributed by atoms with Gasteiger partial charge in [-0.25, -0.2) is 14.3 Å². The van der Waals surface area contributed by atoms with Gasteiger partial charge in [0.15, 0.2) is 0 Å². The lowest BCUT2D eigenvalue weighted by Crippen LogP contribution is -2.60. The van der Waals surface area contributed by atoms with Crippen LogP contribution in [0, 0.1) is 0 Å². The van der Waals surface area contributed by atoms with E-state index in [-0.39, 0.29) is 6.54 Å². The van der Waals surface area contributed by atoms with E-state index in [2.05, 4.69) is 5.32 Å². The van der Waals surface area contributed by atoms with E-state index in [1.54, 1.807) is 12.1 Å². The summed E-state index contributed by atoms with van der Waals surface area (Å²) in [6.45, 7) is 0.902. The molecule has 0 saturated heterocycles. The van der Waals surface area contributed by atoms with Crippen LogP contribution in [0.15, 0.2) is 54.6 Å². The Bertz CT molecular complexity index is 691. The van der Waals surface area contributed by atoms with Crippen molar-refractivity contribution >= 4 is 5.91 Å². The van der Waals surface area contributed by atoms with E-state index in [9.17, 15) is 18.7 Å². The highest BCUT2D eigenvalue weighted by Gasteiger charge is 2.44. The first-order valence-corrected chi connectivity index (χ1v) is 7.68. The van der Waals surface area contributed by atoms with Gasteiger partial charge >= 0.3 is 0 Å². The monoisotopic (exact) mass is 350 g/mol. The molecule has 134 valence electrons. The largest absolute Gasteiger partial charge is 0.382 e. The molecule has 0 heterocycles. The van der Waals surface area contributed by atoms with Gasteiger partial charge in [-0.2, -0.15) is 0 Å². The van der Waals surface area contributed by atoms with Crippen LogP contribution in [0.1, 0.15) is 12.5 Å². The fourth-order valence-corrected chi connectivity index (χ4v) is 2.42. The van der Waals surface area contributed by atoms with E-state index in [1.807, 2.05) is 42.5 Å². The molecule has 0 spiro atoms. The van der Waals surface area contributed by atoms with Gasteiger partial charge in [-0.05, 0) is 23.6 Å². The number of aliphatic hydroxyl groups is 1. The van der Waals surface area contributed by atoms with Crippen LogP contribution < -0.4 is 10.8 Å². The first kappa shape index (κ1) is 19.0. The summed E-state index contributed by atoms with van der Waals surface area (Å²) in [6.07, 6.45) is -3.16.